The second-order valence-electron chi connectivity index (χ2n) is 3.75. The van der Waals surface area contributed by atoms with Crippen molar-refractivity contribution in [2.24, 2.45) is 5.73 Å². The van der Waals surface area contributed by atoms with Gasteiger partial charge in [0.1, 0.15) is 0 Å². The van der Waals surface area contributed by atoms with Gasteiger partial charge in [-0.1, -0.05) is 6.07 Å². The van der Waals surface area contributed by atoms with Crippen molar-refractivity contribution in [3.8, 4) is 0 Å². The van der Waals surface area contributed by atoms with Crippen LogP contribution >= 0.6 is 0 Å². The molecule has 0 saturated carbocycles. The Labute approximate surface area is 96.5 Å². The topological polar surface area (TPSA) is 64.9 Å². The predicted octanol–water partition coefficient (Wildman–Crippen LogP) is 1.96. The zero-order valence-corrected chi connectivity index (χ0v) is 9.15. The van der Waals surface area contributed by atoms with E-state index in [1.165, 1.54) is 6.07 Å². The van der Waals surface area contributed by atoms with E-state index in [4.69, 9.17) is 10.2 Å². The zero-order valence-electron chi connectivity index (χ0n) is 9.15. The van der Waals surface area contributed by atoms with E-state index in [9.17, 15) is 8.78 Å². The van der Waals surface area contributed by atoms with Crippen LogP contribution in [0, 0.1) is 11.6 Å². The molecule has 0 aliphatic carbocycles. The molecule has 1 aromatic carbocycles. The monoisotopic (exact) mass is 239 g/mol. The fourth-order valence-electron chi connectivity index (χ4n) is 1.35. The average molecular weight is 239 g/mol. The van der Waals surface area contributed by atoms with Gasteiger partial charge >= 0.3 is 0 Å². The number of hydrogen-bond donors (Lipinski definition) is 1. The molecule has 1 atom stereocenters. The van der Waals surface area contributed by atoms with Crippen LogP contribution in [0.15, 0.2) is 22.6 Å². The average Bonchev–Trinajstić information content (AvgIpc) is 2.72. The largest absolute Gasteiger partial charge is 0.423 e. The Balaban J connectivity index is 2.16. The Bertz CT molecular complexity index is 525. The first-order valence-corrected chi connectivity index (χ1v) is 5.08. The lowest BCUT2D eigenvalue weighted by Gasteiger charge is -1.98. The van der Waals surface area contributed by atoms with Crippen molar-refractivity contribution in [1.29, 1.82) is 0 Å². The molecule has 0 saturated heterocycles. The van der Waals surface area contributed by atoms with Gasteiger partial charge in [0.15, 0.2) is 11.6 Å². The van der Waals surface area contributed by atoms with E-state index in [1.54, 1.807) is 6.92 Å². The summed E-state index contributed by atoms with van der Waals surface area (Å²) in [5.74, 6) is -1.13. The van der Waals surface area contributed by atoms with Gasteiger partial charge in [-0.05, 0) is 24.6 Å². The number of rotatable bonds is 3. The van der Waals surface area contributed by atoms with E-state index >= 15 is 0 Å². The third-order valence-electron chi connectivity index (χ3n) is 2.21. The van der Waals surface area contributed by atoms with Crippen LogP contribution in [0.25, 0.3) is 0 Å². The van der Waals surface area contributed by atoms with Gasteiger partial charge in [-0.15, -0.1) is 10.2 Å². The highest BCUT2D eigenvalue weighted by Gasteiger charge is 2.11. The molecular weight excluding hydrogens is 228 g/mol. The first-order valence-electron chi connectivity index (χ1n) is 5.08. The molecule has 6 heteroatoms. The molecule has 17 heavy (non-hydrogen) atoms. The second-order valence-corrected chi connectivity index (χ2v) is 3.75. The van der Waals surface area contributed by atoms with Crippen molar-refractivity contribution in [3.63, 3.8) is 0 Å². The lowest BCUT2D eigenvalue weighted by Crippen LogP contribution is -2.04. The quantitative estimate of drug-likeness (QED) is 0.889. The molecule has 0 spiro atoms. The normalized spacial score (nSPS) is 12.7. The maximum absolute atomic E-state index is 13.0. The first kappa shape index (κ1) is 11.7. The number of benzene rings is 1. The van der Waals surface area contributed by atoms with Crippen molar-refractivity contribution >= 4 is 0 Å². The molecule has 0 aliphatic rings. The molecule has 90 valence electrons. The second kappa shape index (κ2) is 4.58. The van der Waals surface area contributed by atoms with Crippen LogP contribution in [0.4, 0.5) is 8.78 Å². The van der Waals surface area contributed by atoms with Gasteiger partial charge in [-0.3, -0.25) is 0 Å². The van der Waals surface area contributed by atoms with Crippen LogP contribution in [-0.4, -0.2) is 10.2 Å². The summed E-state index contributed by atoms with van der Waals surface area (Å²) in [4.78, 5) is 0. The molecule has 4 nitrogen and oxygen atoms in total. The standard InChI is InChI=1S/C11H11F2N3O/c1-6(14)11-16-15-10(17-11)5-7-2-3-8(12)9(13)4-7/h2-4,6H,5,14H2,1H3. The summed E-state index contributed by atoms with van der Waals surface area (Å²) in [5.41, 5.74) is 6.12. The van der Waals surface area contributed by atoms with Gasteiger partial charge in [0.25, 0.3) is 0 Å². The van der Waals surface area contributed by atoms with Gasteiger partial charge < -0.3 is 10.2 Å². The van der Waals surface area contributed by atoms with Crippen molar-refractivity contribution < 1.29 is 13.2 Å². The molecule has 0 aliphatic heterocycles. The molecular formula is C11H11F2N3O. The van der Waals surface area contributed by atoms with Crippen molar-refractivity contribution in [2.75, 3.05) is 0 Å². The summed E-state index contributed by atoms with van der Waals surface area (Å²) in [7, 11) is 0. The number of nitrogens with zero attached hydrogens (tertiary/aromatic N) is 2. The number of nitrogens with two attached hydrogens (primary N) is 1. The van der Waals surface area contributed by atoms with Crippen LogP contribution in [0.3, 0.4) is 0 Å². The Morgan fingerprint density at radius 3 is 2.65 bits per heavy atom. The van der Waals surface area contributed by atoms with Crippen LogP contribution in [-0.2, 0) is 6.42 Å². The van der Waals surface area contributed by atoms with Crippen molar-refractivity contribution in [2.45, 2.75) is 19.4 Å². The minimum absolute atomic E-state index is 0.247. The third kappa shape index (κ3) is 2.65. The lowest BCUT2D eigenvalue weighted by molar-refractivity contribution is 0.433. The Morgan fingerprint density at radius 2 is 2.06 bits per heavy atom. The highest BCUT2D eigenvalue weighted by atomic mass is 19.2. The maximum atomic E-state index is 13.0. The van der Waals surface area contributed by atoms with Crippen LogP contribution in [0.2, 0.25) is 0 Å². The number of aromatic nitrogens is 2. The fraction of sp³-hybridized carbons (Fsp3) is 0.273. The van der Waals surface area contributed by atoms with Crippen LogP contribution in [0.5, 0.6) is 0 Å². The van der Waals surface area contributed by atoms with Gasteiger partial charge in [0.05, 0.1) is 12.5 Å². The zero-order chi connectivity index (χ0) is 12.4. The van der Waals surface area contributed by atoms with E-state index in [1.807, 2.05) is 0 Å². The maximum Gasteiger partial charge on any atom is 0.232 e. The SMILES string of the molecule is CC(N)c1nnc(Cc2ccc(F)c(F)c2)o1. The summed E-state index contributed by atoms with van der Waals surface area (Å²) in [6.07, 6.45) is 0.247. The minimum atomic E-state index is -0.894. The van der Waals surface area contributed by atoms with Gasteiger partial charge in [0, 0.05) is 0 Å². The molecule has 1 heterocycles. The predicted molar refractivity (Wildman–Crippen MR) is 56.1 cm³/mol. The van der Waals surface area contributed by atoms with Gasteiger partial charge in [-0.25, -0.2) is 8.78 Å². The number of halogens is 2. The molecule has 0 bridgehead atoms. The summed E-state index contributed by atoms with van der Waals surface area (Å²) in [6.45, 7) is 1.72. The van der Waals surface area contributed by atoms with Crippen LogP contribution < -0.4 is 5.73 Å². The van der Waals surface area contributed by atoms with Crippen molar-refractivity contribution in [1.82, 2.24) is 10.2 Å². The third-order valence-corrected chi connectivity index (χ3v) is 2.21. The van der Waals surface area contributed by atoms with E-state index in [0.29, 0.717) is 17.3 Å². The molecule has 0 amide bonds. The molecule has 2 rings (SSSR count). The molecule has 0 radical (unpaired) electrons. The van der Waals surface area contributed by atoms with E-state index in [0.717, 1.165) is 12.1 Å². The fourth-order valence-corrected chi connectivity index (χ4v) is 1.35. The molecule has 0 fully saturated rings. The Morgan fingerprint density at radius 1 is 1.29 bits per heavy atom. The summed E-state index contributed by atoms with van der Waals surface area (Å²) in [6, 6.07) is 3.29. The minimum Gasteiger partial charge on any atom is -0.423 e. The first-order chi connectivity index (χ1) is 8.06. The summed E-state index contributed by atoms with van der Waals surface area (Å²) >= 11 is 0. The lowest BCUT2D eigenvalue weighted by atomic mass is 10.1. The highest BCUT2D eigenvalue weighted by molar-refractivity contribution is 5.20. The van der Waals surface area contributed by atoms with Crippen molar-refractivity contribution in [3.05, 3.63) is 47.2 Å². The Hall–Kier alpha value is -1.82. The van der Waals surface area contributed by atoms with E-state index in [-0.39, 0.29) is 12.5 Å². The van der Waals surface area contributed by atoms with E-state index in [2.05, 4.69) is 10.2 Å². The molecule has 2 aromatic rings. The number of hydrogen-bond acceptors (Lipinski definition) is 4. The smallest absolute Gasteiger partial charge is 0.232 e. The molecule has 1 aromatic heterocycles. The van der Waals surface area contributed by atoms with Gasteiger partial charge in [-0.2, -0.15) is 0 Å². The summed E-state index contributed by atoms with van der Waals surface area (Å²) in [5, 5.41) is 7.51. The molecule has 1 unspecified atom stereocenters. The molecule has 2 N–H and O–H groups in total. The van der Waals surface area contributed by atoms with Gasteiger partial charge in [0.2, 0.25) is 11.8 Å². The summed E-state index contributed by atoms with van der Waals surface area (Å²) < 4.78 is 30.9. The van der Waals surface area contributed by atoms with E-state index < -0.39 is 11.6 Å². The highest BCUT2D eigenvalue weighted by Crippen LogP contribution is 2.14. The van der Waals surface area contributed by atoms with Crippen LogP contribution in [0.1, 0.15) is 30.3 Å². The Kier molecular flexibility index (Phi) is 3.14.